The van der Waals surface area contributed by atoms with E-state index in [0.717, 1.165) is 12.1 Å². The summed E-state index contributed by atoms with van der Waals surface area (Å²) in [5.41, 5.74) is -0.608. The Kier molecular flexibility index (Phi) is 4.67. The molecule has 0 aliphatic carbocycles. The van der Waals surface area contributed by atoms with E-state index in [1.165, 1.54) is 12.1 Å². The van der Waals surface area contributed by atoms with Gasteiger partial charge in [0.25, 0.3) is 0 Å². The normalized spacial score (nSPS) is 11.4. The summed E-state index contributed by atoms with van der Waals surface area (Å²) in [6, 6.07) is 8.41. The Bertz CT molecular complexity index is 591. The zero-order chi connectivity index (χ0) is 15.3. The van der Waals surface area contributed by atoms with Gasteiger partial charge in [0.2, 0.25) is 5.91 Å². The zero-order valence-electron chi connectivity index (χ0n) is 11.2. The lowest BCUT2D eigenvalue weighted by molar-refractivity contribution is -0.137. The minimum atomic E-state index is -4.41. The number of nitrogens with zero attached hydrogens (tertiary/aromatic N) is 1. The first-order valence-electron chi connectivity index (χ1n) is 6.53. The van der Waals surface area contributed by atoms with Gasteiger partial charge in [0.1, 0.15) is 0 Å². The van der Waals surface area contributed by atoms with Crippen LogP contribution in [0.3, 0.4) is 0 Å². The highest BCUT2D eigenvalue weighted by Gasteiger charge is 2.30. The topological polar surface area (TPSA) is 34.0 Å². The van der Waals surface area contributed by atoms with Gasteiger partial charge in [-0.2, -0.15) is 13.2 Å². The van der Waals surface area contributed by atoms with E-state index in [-0.39, 0.29) is 18.0 Å². The number of rotatable bonds is 5. The van der Waals surface area contributed by atoms with Crippen LogP contribution in [0, 0.1) is 0 Å². The van der Waals surface area contributed by atoms with Crippen molar-refractivity contribution in [2.75, 3.05) is 5.32 Å². The van der Waals surface area contributed by atoms with Crippen LogP contribution in [-0.4, -0.2) is 10.5 Å². The summed E-state index contributed by atoms with van der Waals surface area (Å²) in [5, 5.41) is 2.49. The molecule has 21 heavy (non-hydrogen) atoms. The third-order valence-corrected chi connectivity index (χ3v) is 2.96. The van der Waals surface area contributed by atoms with Crippen LogP contribution in [0.5, 0.6) is 0 Å². The van der Waals surface area contributed by atoms with E-state index in [0.29, 0.717) is 13.0 Å². The van der Waals surface area contributed by atoms with Crippen molar-refractivity contribution in [2.45, 2.75) is 25.6 Å². The molecule has 2 aromatic rings. The van der Waals surface area contributed by atoms with Gasteiger partial charge in [0.15, 0.2) is 0 Å². The van der Waals surface area contributed by atoms with Gasteiger partial charge in [-0.25, -0.2) is 0 Å². The molecule has 1 N–H and O–H groups in total. The summed E-state index contributed by atoms with van der Waals surface area (Å²) >= 11 is 0. The van der Waals surface area contributed by atoms with Crippen molar-refractivity contribution in [3.63, 3.8) is 0 Å². The van der Waals surface area contributed by atoms with E-state index in [1.807, 2.05) is 29.1 Å². The summed E-state index contributed by atoms with van der Waals surface area (Å²) in [4.78, 5) is 11.7. The molecular weight excluding hydrogens is 281 g/mol. The molecule has 0 saturated heterocycles. The highest BCUT2D eigenvalue weighted by atomic mass is 19.4. The van der Waals surface area contributed by atoms with Crippen molar-refractivity contribution in [3.8, 4) is 0 Å². The molecule has 0 fully saturated rings. The Balaban J connectivity index is 1.85. The maximum Gasteiger partial charge on any atom is 0.416 e. The number of amides is 1. The first-order valence-corrected chi connectivity index (χ1v) is 6.53. The minimum Gasteiger partial charge on any atom is -0.354 e. The fourth-order valence-corrected chi connectivity index (χ4v) is 1.94. The minimum absolute atomic E-state index is 0.163. The summed E-state index contributed by atoms with van der Waals surface area (Å²) in [6.07, 6.45) is 0.262. The molecule has 1 aromatic carbocycles. The van der Waals surface area contributed by atoms with Gasteiger partial charge in [0, 0.05) is 31.0 Å². The number of halogens is 3. The molecule has 0 aliphatic rings. The molecule has 1 heterocycles. The summed E-state index contributed by atoms with van der Waals surface area (Å²) in [6.45, 7) is 0.697. The Labute approximate surface area is 120 Å². The van der Waals surface area contributed by atoms with Crippen molar-refractivity contribution in [3.05, 3.63) is 54.4 Å². The molecule has 6 heteroatoms. The van der Waals surface area contributed by atoms with E-state index in [9.17, 15) is 18.0 Å². The Morgan fingerprint density at radius 3 is 2.52 bits per heavy atom. The highest BCUT2D eigenvalue weighted by Crippen LogP contribution is 2.30. The average Bonchev–Trinajstić information content (AvgIpc) is 2.91. The lowest BCUT2D eigenvalue weighted by Crippen LogP contribution is -2.13. The second-order valence-electron chi connectivity index (χ2n) is 4.65. The van der Waals surface area contributed by atoms with Crippen LogP contribution in [0.25, 0.3) is 0 Å². The molecule has 3 nitrogen and oxygen atoms in total. The molecular formula is C15H15F3N2O. The Morgan fingerprint density at radius 1 is 1.14 bits per heavy atom. The maximum atomic E-state index is 12.5. The molecule has 0 atom stereocenters. The molecule has 0 aliphatic heterocycles. The molecule has 0 spiro atoms. The summed E-state index contributed by atoms with van der Waals surface area (Å²) in [7, 11) is 0. The van der Waals surface area contributed by atoms with Gasteiger partial charge in [0.05, 0.1) is 5.56 Å². The van der Waals surface area contributed by atoms with Crippen molar-refractivity contribution >= 4 is 11.6 Å². The number of hydrogen-bond donors (Lipinski definition) is 1. The first kappa shape index (κ1) is 15.2. The summed E-state index contributed by atoms with van der Waals surface area (Å²) < 4.78 is 39.6. The molecule has 112 valence electrons. The average molecular weight is 296 g/mol. The number of carbonyl (C=O) groups excluding carboxylic acids is 1. The molecule has 0 bridgehead atoms. The number of anilines is 1. The number of benzene rings is 1. The second-order valence-corrected chi connectivity index (χ2v) is 4.65. The van der Waals surface area contributed by atoms with E-state index < -0.39 is 11.7 Å². The van der Waals surface area contributed by atoms with Gasteiger partial charge in [-0.1, -0.05) is 6.07 Å². The van der Waals surface area contributed by atoms with Gasteiger partial charge in [-0.05, 0) is 36.8 Å². The molecule has 0 radical (unpaired) electrons. The predicted molar refractivity (Wildman–Crippen MR) is 73.7 cm³/mol. The van der Waals surface area contributed by atoms with Gasteiger partial charge in [-0.3, -0.25) is 4.79 Å². The smallest absolute Gasteiger partial charge is 0.354 e. The van der Waals surface area contributed by atoms with Crippen molar-refractivity contribution in [2.24, 2.45) is 0 Å². The van der Waals surface area contributed by atoms with Crippen LogP contribution in [0.15, 0.2) is 48.8 Å². The van der Waals surface area contributed by atoms with Crippen LogP contribution in [0.4, 0.5) is 18.9 Å². The van der Waals surface area contributed by atoms with Crippen LogP contribution >= 0.6 is 0 Å². The number of carbonyl (C=O) groups is 1. The predicted octanol–water partition coefficient (Wildman–Crippen LogP) is 3.93. The van der Waals surface area contributed by atoms with Crippen molar-refractivity contribution in [1.82, 2.24) is 4.57 Å². The summed E-state index contributed by atoms with van der Waals surface area (Å²) in [5.74, 6) is -0.290. The molecule has 2 rings (SSSR count). The molecule has 0 saturated carbocycles. The second kappa shape index (κ2) is 6.47. The van der Waals surface area contributed by atoms with E-state index in [1.54, 1.807) is 0 Å². The van der Waals surface area contributed by atoms with E-state index in [4.69, 9.17) is 0 Å². The zero-order valence-corrected chi connectivity index (χ0v) is 11.2. The third kappa shape index (κ3) is 4.66. The standard InChI is InChI=1S/C15H15F3N2O/c16-15(17,18)12-5-3-6-13(11-12)19-14(21)7-4-10-20-8-1-2-9-20/h1-3,5-6,8-9,11H,4,7,10H2,(H,19,21). The molecule has 0 unspecified atom stereocenters. The van der Waals surface area contributed by atoms with Gasteiger partial charge in [-0.15, -0.1) is 0 Å². The number of aryl methyl sites for hydroxylation is 1. The van der Waals surface area contributed by atoms with Gasteiger partial charge >= 0.3 is 6.18 Å². The van der Waals surface area contributed by atoms with Crippen LogP contribution in [0.1, 0.15) is 18.4 Å². The van der Waals surface area contributed by atoms with Crippen LogP contribution in [0.2, 0.25) is 0 Å². The third-order valence-electron chi connectivity index (χ3n) is 2.96. The fraction of sp³-hybridized carbons (Fsp3) is 0.267. The number of alkyl halides is 3. The van der Waals surface area contributed by atoms with E-state index >= 15 is 0 Å². The van der Waals surface area contributed by atoms with Crippen molar-refractivity contribution < 1.29 is 18.0 Å². The highest BCUT2D eigenvalue weighted by molar-refractivity contribution is 5.90. The van der Waals surface area contributed by atoms with E-state index in [2.05, 4.69) is 5.32 Å². The SMILES string of the molecule is O=C(CCCn1cccc1)Nc1cccc(C(F)(F)F)c1. The van der Waals surface area contributed by atoms with Gasteiger partial charge < -0.3 is 9.88 Å². The lowest BCUT2D eigenvalue weighted by atomic mass is 10.2. The molecule has 1 aromatic heterocycles. The van der Waals surface area contributed by atoms with Crippen LogP contribution < -0.4 is 5.32 Å². The lowest BCUT2D eigenvalue weighted by Gasteiger charge is -2.10. The fourth-order valence-electron chi connectivity index (χ4n) is 1.94. The monoisotopic (exact) mass is 296 g/mol. The molecule has 1 amide bonds. The number of hydrogen-bond acceptors (Lipinski definition) is 1. The largest absolute Gasteiger partial charge is 0.416 e. The maximum absolute atomic E-state index is 12.5. The number of nitrogens with one attached hydrogen (secondary N) is 1. The quantitative estimate of drug-likeness (QED) is 0.891. The first-order chi connectivity index (χ1) is 9.95. The van der Waals surface area contributed by atoms with Crippen LogP contribution in [-0.2, 0) is 17.5 Å². The Morgan fingerprint density at radius 2 is 1.86 bits per heavy atom. The van der Waals surface area contributed by atoms with Crippen molar-refractivity contribution in [1.29, 1.82) is 0 Å². The Hall–Kier alpha value is -2.24. The number of aromatic nitrogens is 1.